The summed E-state index contributed by atoms with van der Waals surface area (Å²) in [6, 6.07) is 5.35. The van der Waals surface area contributed by atoms with Gasteiger partial charge in [0.2, 0.25) is 0 Å². The summed E-state index contributed by atoms with van der Waals surface area (Å²) in [5, 5.41) is 0. The van der Waals surface area contributed by atoms with Crippen molar-refractivity contribution in [3.63, 3.8) is 0 Å². The van der Waals surface area contributed by atoms with Gasteiger partial charge in [0.25, 0.3) is 0 Å². The van der Waals surface area contributed by atoms with Crippen molar-refractivity contribution in [2.45, 2.75) is 270 Å². The van der Waals surface area contributed by atoms with Crippen LogP contribution in [0.2, 0.25) is 0 Å². The molecule has 0 saturated heterocycles. The van der Waals surface area contributed by atoms with Crippen LogP contribution in [0.3, 0.4) is 0 Å². The minimum Gasteiger partial charge on any atom is -0.294 e. The minimum atomic E-state index is 0.888. The molecule has 0 aromatic carbocycles. The van der Waals surface area contributed by atoms with E-state index in [1.165, 1.54) is 128 Å². The molecule has 10 atom stereocenters. The molecule has 0 aromatic heterocycles. The highest BCUT2D eigenvalue weighted by Crippen LogP contribution is 2.67. The molecule has 342 valence electrons. The molecular weight excluding hydrogens is 725 g/mol. The van der Waals surface area contributed by atoms with Crippen molar-refractivity contribution in [2.24, 2.45) is 94.7 Å². The average molecular weight is 825 g/mol. The summed E-state index contributed by atoms with van der Waals surface area (Å²) < 4.78 is 0. The SMILES string of the molecule is CC1CCC(C2CC(N(C3CCC(C)CC3)C3CCC(C)CC3)C3CCC4C(C5CCC(C)CC5)CC(N(C5CCC(C)CC5)C5CCC(C)CC5)C5CCC2C3C45)CC1. The van der Waals surface area contributed by atoms with Crippen LogP contribution in [0, 0.1) is 94.7 Å². The van der Waals surface area contributed by atoms with Crippen molar-refractivity contribution in [3.05, 3.63) is 0 Å². The highest BCUT2D eigenvalue weighted by Gasteiger charge is 2.63. The Morgan fingerprint density at radius 2 is 0.467 bits per heavy atom. The molecule has 10 rings (SSSR count). The second-order valence-electron chi connectivity index (χ2n) is 26.5. The molecule has 0 heterocycles. The Labute approximate surface area is 373 Å². The number of nitrogens with zero attached hydrogens (tertiary/aromatic N) is 2. The molecule has 0 N–H and O–H groups in total. The Morgan fingerprint density at radius 1 is 0.233 bits per heavy atom. The van der Waals surface area contributed by atoms with Crippen molar-refractivity contribution >= 4 is 0 Å². The summed E-state index contributed by atoms with van der Waals surface area (Å²) in [6.45, 7) is 15.6. The van der Waals surface area contributed by atoms with Gasteiger partial charge in [0.15, 0.2) is 0 Å². The van der Waals surface area contributed by atoms with E-state index < -0.39 is 0 Å². The van der Waals surface area contributed by atoms with E-state index in [2.05, 4.69) is 51.3 Å². The lowest BCUT2D eigenvalue weighted by atomic mass is 9.41. The van der Waals surface area contributed by atoms with Crippen LogP contribution in [0.4, 0.5) is 0 Å². The van der Waals surface area contributed by atoms with Crippen molar-refractivity contribution in [1.29, 1.82) is 0 Å². The van der Waals surface area contributed by atoms with E-state index >= 15 is 0 Å². The van der Waals surface area contributed by atoms with Crippen LogP contribution in [0.25, 0.3) is 0 Å². The molecule has 10 aliphatic rings. The predicted molar refractivity (Wildman–Crippen MR) is 255 cm³/mol. The van der Waals surface area contributed by atoms with Crippen molar-refractivity contribution in [1.82, 2.24) is 9.80 Å². The van der Waals surface area contributed by atoms with Gasteiger partial charge in [-0.15, -0.1) is 0 Å². The maximum absolute atomic E-state index is 3.50. The normalized spacial score (nSPS) is 52.8. The first-order valence-electron chi connectivity index (χ1n) is 28.7. The number of hydrogen-bond acceptors (Lipinski definition) is 2. The summed E-state index contributed by atoms with van der Waals surface area (Å²) in [5.41, 5.74) is 0. The molecule has 0 spiro atoms. The zero-order valence-corrected chi connectivity index (χ0v) is 40.8. The molecule has 0 aromatic rings. The molecule has 10 unspecified atom stereocenters. The lowest BCUT2D eigenvalue weighted by molar-refractivity contribution is -0.190. The second kappa shape index (κ2) is 19.0. The van der Waals surface area contributed by atoms with E-state index in [9.17, 15) is 0 Å². The van der Waals surface area contributed by atoms with Gasteiger partial charge in [0.05, 0.1) is 0 Å². The maximum Gasteiger partial charge on any atom is 0.0135 e. The van der Waals surface area contributed by atoms with Gasteiger partial charge in [-0.2, -0.15) is 0 Å². The fourth-order valence-electron chi connectivity index (χ4n) is 19.5. The monoisotopic (exact) mass is 825 g/mol. The van der Waals surface area contributed by atoms with Gasteiger partial charge in [-0.3, -0.25) is 9.80 Å². The third-order valence-corrected chi connectivity index (χ3v) is 22.9. The molecule has 2 nitrogen and oxygen atoms in total. The van der Waals surface area contributed by atoms with Gasteiger partial charge in [-0.25, -0.2) is 0 Å². The maximum atomic E-state index is 3.50. The number of rotatable bonds is 8. The van der Waals surface area contributed by atoms with E-state index in [0.717, 1.165) is 131 Å². The van der Waals surface area contributed by atoms with Gasteiger partial charge in [0.1, 0.15) is 0 Å². The van der Waals surface area contributed by atoms with Crippen LogP contribution in [0.5, 0.6) is 0 Å². The summed E-state index contributed by atoms with van der Waals surface area (Å²) in [6.07, 6.45) is 46.3. The average Bonchev–Trinajstić information content (AvgIpc) is 3.26. The standard InChI is InChI=1S/C58H100N2/c1-37-7-19-43(20-8-37)53-35-55(59(45-23-11-39(3)12-24-45)46-25-13-40(4)14-26-46)51-34-32-50-54(44-21-9-38(2)10-22-44)36-56(52-33-31-49(53)57(51)58(50)52)60(47-27-15-41(5)16-28-47)48-29-17-42(6)18-30-48/h37-58H,7-36H2,1-6H3. The van der Waals surface area contributed by atoms with E-state index in [1.807, 2.05) is 0 Å². The highest BCUT2D eigenvalue weighted by molar-refractivity contribution is 5.14. The lowest BCUT2D eigenvalue weighted by Gasteiger charge is -2.68. The van der Waals surface area contributed by atoms with Gasteiger partial charge in [-0.05, 0) is 262 Å². The molecule has 0 amide bonds. The molecule has 0 bridgehead atoms. The van der Waals surface area contributed by atoms with Crippen LogP contribution in [0.1, 0.15) is 234 Å². The summed E-state index contributed by atoms with van der Waals surface area (Å²) in [5.74, 6) is 16.1. The fraction of sp³-hybridized carbons (Fsp3) is 1.00. The molecule has 10 saturated carbocycles. The van der Waals surface area contributed by atoms with Crippen LogP contribution < -0.4 is 0 Å². The molecular formula is C58H100N2. The van der Waals surface area contributed by atoms with E-state index in [-0.39, 0.29) is 0 Å². The van der Waals surface area contributed by atoms with Crippen LogP contribution in [-0.2, 0) is 0 Å². The largest absolute Gasteiger partial charge is 0.294 e. The van der Waals surface area contributed by atoms with E-state index in [0.29, 0.717) is 0 Å². The zero-order valence-electron chi connectivity index (χ0n) is 40.8. The Bertz CT molecular complexity index is 1180. The molecule has 10 aliphatic carbocycles. The predicted octanol–water partition coefficient (Wildman–Crippen LogP) is 15.6. The Morgan fingerprint density at radius 3 is 0.733 bits per heavy atom. The fourth-order valence-corrected chi connectivity index (χ4v) is 19.5. The summed E-state index contributed by atoms with van der Waals surface area (Å²) in [4.78, 5) is 7.00. The zero-order chi connectivity index (χ0) is 41.1. The van der Waals surface area contributed by atoms with Crippen molar-refractivity contribution in [2.75, 3.05) is 0 Å². The third-order valence-electron chi connectivity index (χ3n) is 22.9. The quantitative estimate of drug-likeness (QED) is 0.241. The van der Waals surface area contributed by atoms with Gasteiger partial charge in [0, 0.05) is 36.3 Å². The van der Waals surface area contributed by atoms with Crippen LogP contribution in [0.15, 0.2) is 0 Å². The number of hydrogen-bond donors (Lipinski definition) is 0. The first-order valence-corrected chi connectivity index (χ1v) is 28.7. The van der Waals surface area contributed by atoms with Crippen LogP contribution >= 0.6 is 0 Å². The van der Waals surface area contributed by atoms with Crippen molar-refractivity contribution < 1.29 is 0 Å². The first kappa shape index (κ1) is 43.8. The molecule has 10 fully saturated rings. The van der Waals surface area contributed by atoms with Gasteiger partial charge < -0.3 is 0 Å². The molecule has 60 heavy (non-hydrogen) atoms. The van der Waals surface area contributed by atoms with E-state index in [1.54, 1.807) is 64.2 Å². The topological polar surface area (TPSA) is 6.48 Å². The third kappa shape index (κ3) is 8.81. The smallest absolute Gasteiger partial charge is 0.0135 e. The van der Waals surface area contributed by atoms with Crippen molar-refractivity contribution in [3.8, 4) is 0 Å². The first-order chi connectivity index (χ1) is 29.2. The highest BCUT2D eigenvalue weighted by atomic mass is 15.2. The molecule has 0 aliphatic heterocycles. The second-order valence-corrected chi connectivity index (χ2v) is 26.5. The lowest BCUT2D eigenvalue weighted by Crippen LogP contribution is -2.67. The molecule has 0 radical (unpaired) electrons. The Kier molecular flexibility index (Phi) is 13.9. The van der Waals surface area contributed by atoms with Gasteiger partial charge in [-0.1, -0.05) is 67.2 Å². The van der Waals surface area contributed by atoms with Gasteiger partial charge >= 0.3 is 0 Å². The summed E-state index contributed by atoms with van der Waals surface area (Å²) in [7, 11) is 0. The summed E-state index contributed by atoms with van der Waals surface area (Å²) >= 11 is 0. The Hall–Kier alpha value is -0.0800. The van der Waals surface area contributed by atoms with E-state index in [4.69, 9.17) is 0 Å². The van der Waals surface area contributed by atoms with Crippen LogP contribution in [-0.4, -0.2) is 46.1 Å². The minimum absolute atomic E-state index is 0.888. The Balaban J connectivity index is 1.05. The molecule has 2 heteroatoms.